The molecule has 0 amide bonds. The Labute approximate surface area is 247 Å². The van der Waals surface area contributed by atoms with Gasteiger partial charge in [-0.2, -0.15) is 0 Å². The second kappa shape index (κ2) is 12.9. The second-order valence-corrected chi connectivity index (χ2v) is 11.3. The molecule has 0 saturated heterocycles. The van der Waals surface area contributed by atoms with Crippen LogP contribution in [0.2, 0.25) is 0 Å². The van der Waals surface area contributed by atoms with Gasteiger partial charge < -0.3 is 0 Å². The van der Waals surface area contributed by atoms with Crippen molar-refractivity contribution in [2.24, 2.45) is 0 Å². The highest BCUT2D eigenvalue weighted by Crippen LogP contribution is 2.53. The highest BCUT2D eigenvalue weighted by atomic mass is 32.2. The van der Waals surface area contributed by atoms with E-state index in [4.69, 9.17) is 0 Å². The van der Waals surface area contributed by atoms with E-state index in [0.717, 1.165) is 24.3 Å². The standard InChI is InChI=1S/C26H5F15S3/c27-7-10(30)16(36)23(17(37)11(7)31)42-22(6-4-2-1-3-5-6)26(43-24-18(38)12(32)8(28)13(33)19(24)39)44-25-20(40)14(34)9(29)15(35)21(25)41/h1-5H. The molecule has 18 heteroatoms. The van der Waals surface area contributed by atoms with E-state index < -0.39 is 152 Å². The molecule has 4 rings (SSSR count). The monoisotopic (exact) mass is 698 g/mol. The number of hydrogen-bond donors (Lipinski definition) is 0. The van der Waals surface area contributed by atoms with Gasteiger partial charge in [-0.05, 0) is 5.56 Å². The zero-order valence-corrected chi connectivity index (χ0v) is 22.7. The number of hydrogen-bond acceptors (Lipinski definition) is 3. The summed E-state index contributed by atoms with van der Waals surface area (Å²) in [4.78, 5) is -6.34. The molecule has 44 heavy (non-hydrogen) atoms. The van der Waals surface area contributed by atoms with Gasteiger partial charge in [0.1, 0.15) is 0 Å². The Kier molecular flexibility index (Phi) is 9.84. The smallest absolute Gasteiger partial charge is 0.200 e. The van der Waals surface area contributed by atoms with Crippen LogP contribution < -0.4 is 0 Å². The molecule has 0 atom stereocenters. The topological polar surface area (TPSA) is 0 Å². The predicted octanol–water partition coefficient (Wildman–Crippen LogP) is 10.8. The average Bonchev–Trinajstić information content (AvgIpc) is 3.02. The maximum Gasteiger partial charge on any atom is 0.200 e. The van der Waals surface area contributed by atoms with Gasteiger partial charge in [0.05, 0.1) is 18.9 Å². The van der Waals surface area contributed by atoms with Crippen LogP contribution in [0.3, 0.4) is 0 Å². The maximum atomic E-state index is 14.7. The van der Waals surface area contributed by atoms with Gasteiger partial charge in [-0.3, -0.25) is 0 Å². The number of benzene rings is 4. The molecule has 0 N–H and O–H groups in total. The molecule has 0 fully saturated rings. The van der Waals surface area contributed by atoms with Crippen molar-refractivity contribution in [3.05, 3.63) is 127 Å². The molecular weight excluding hydrogens is 693 g/mol. The molecule has 0 nitrogen and oxygen atoms in total. The molecule has 0 radical (unpaired) electrons. The van der Waals surface area contributed by atoms with E-state index in [1.54, 1.807) is 0 Å². The van der Waals surface area contributed by atoms with E-state index in [-0.39, 0.29) is 0 Å². The lowest BCUT2D eigenvalue weighted by molar-refractivity contribution is 0.360. The van der Waals surface area contributed by atoms with Crippen LogP contribution in [0.5, 0.6) is 0 Å². The lowest BCUT2D eigenvalue weighted by Crippen LogP contribution is -2.05. The van der Waals surface area contributed by atoms with Gasteiger partial charge in [0.25, 0.3) is 0 Å². The summed E-state index contributed by atoms with van der Waals surface area (Å²) < 4.78 is 212. The van der Waals surface area contributed by atoms with Crippen molar-refractivity contribution < 1.29 is 65.9 Å². The predicted molar refractivity (Wildman–Crippen MR) is 130 cm³/mol. The molecule has 0 aliphatic heterocycles. The highest BCUT2D eigenvalue weighted by Gasteiger charge is 2.33. The van der Waals surface area contributed by atoms with E-state index in [1.807, 2.05) is 0 Å². The number of thioether (sulfide) groups is 3. The molecule has 0 bridgehead atoms. The Morgan fingerprint density at radius 1 is 0.318 bits per heavy atom. The summed E-state index contributed by atoms with van der Waals surface area (Å²) in [6.45, 7) is 0. The minimum absolute atomic E-state index is 0.413. The minimum Gasteiger partial charge on any atom is -0.202 e. The highest BCUT2D eigenvalue weighted by molar-refractivity contribution is 8.24. The van der Waals surface area contributed by atoms with Crippen molar-refractivity contribution >= 4 is 40.2 Å². The molecule has 0 saturated carbocycles. The molecule has 0 aromatic heterocycles. The first-order valence-electron chi connectivity index (χ1n) is 11.0. The third-order valence-corrected chi connectivity index (χ3v) is 9.19. The largest absolute Gasteiger partial charge is 0.202 e. The summed E-state index contributed by atoms with van der Waals surface area (Å²) >= 11 is -1.65. The zero-order valence-electron chi connectivity index (χ0n) is 20.3. The molecule has 0 unspecified atom stereocenters. The summed E-state index contributed by atoms with van der Waals surface area (Å²) in [5, 5.41) is 0. The van der Waals surface area contributed by atoms with E-state index in [2.05, 4.69) is 0 Å². The zero-order chi connectivity index (χ0) is 32.8. The summed E-state index contributed by atoms with van der Waals surface area (Å²) in [5.41, 5.74) is -0.413. The fourth-order valence-corrected chi connectivity index (χ4v) is 6.81. The van der Waals surface area contributed by atoms with Gasteiger partial charge in [-0.25, -0.2) is 65.9 Å². The second-order valence-electron chi connectivity index (χ2n) is 7.99. The third-order valence-electron chi connectivity index (χ3n) is 5.32. The Bertz CT molecular complexity index is 1680. The van der Waals surface area contributed by atoms with Crippen LogP contribution in [0.25, 0.3) is 4.91 Å². The summed E-state index contributed by atoms with van der Waals surface area (Å²) in [6, 6.07) is 5.58. The van der Waals surface area contributed by atoms with Gasteiger partial charge >= 0.3 is 0 Å². The lowest BCUT2D eigenvalue weighted by atomic mass is 10.2. The van der Waals surface area contributed by atoms with Gasteiger partial charge in [0, 0.05) is 4.91 Å². The molecular formula is C26H5F15S3. The first-order valence-corrected chi connectivity index (χ1v) is 13.4. The Balaban J connectivity index is 2.11. The fraction of sp³-hybridized carbons (Fsp3) is 0. The molecule has 0 heterocycles. The van der Waals surface area contributed by atoms with Crippen molar-refractivity contribution in [1.29, 1.82) is 0 Å². The van der Waals surface area contributed by atoms with E-state index in [9.17, 15) is 65.9 Å². The van der Waals surface area contributed by atoms with Crippen LogP contribution in [0, 0.1) is 87.3 Å². The average molecular weight is 698 g/mol. The minimum atomic E-state index is -2.65. The molecule has 4 aromatic rings. The van der Waals surface area contributed by atoms with E-state index in [0.29, 0.717) is 0 Å². The van der Waals surface area contributed by atoms with Crippen LogP contribution in [-0.2, 0) is 0 Å². The molecule has 0 aliphatic carbocycles. The summed E-state index contributed by atoms with van der Waals surface area (Å²) in [5.74, 6) is -38.3. The fourth-order valence-electron chi connectivity index (χ4n) is 3.23. The Hall–Kier alpha value is -3.38. The van der Waals surface area contributed by atoms with E-state index >= 15 is 0 Å². The normalized spacial score (nSPS) is 11.3. The number of halogens is 15. The van der Waals surface area contributed by atoms with Gasteiger partial charge in [-0.15, -0.1) is 0 Å². The quantitative estimate of drug-likeness (QED) is 0.0816. The Morgan fingerprint density at radius 3 is 0.864 bits per heavy atom. The SMILES string of the molecule is Fc1c(F)c(F)c(SC(Sc2c(F)c(F)c(F)c(F)c2F)=C(Sc2c(F)c(F)c(F)c(F)c2F)c2ccccc2)c(F)c1F. The first-order chi connectivity index (χ1) is 20.6. The maximum absolute atomic E-state index is 14.7. The van der Waals surface area contributed by atoms with Crippen molar-refractivity contribution in [1.82, 2.24) is 0 Å². The van der Waals surface area contributed by atoms with E-state index in [1.165, 1.54) is 6.07 Å². The molecule has 4 aromatic carbocycles. The molecule has 232 valence electrons. The summed E-state index contributed by atoms with van der Waals surface area (Å²) in [7, 11) is 0. The lowest BCUT2D eigenvalue weighted by Gasteiger charge is -2.18. The van der Waals surface area contributed by atoms with Crippen molar-refractivity contribution in [2.45, 2.75) is 14.7 Å². The number of rotatable bonds is 7. The first kappa shape index (κ1) is 33.5. The van der Waals surface area contributed by atoms with Crippen molar-refractivity contribution in [2.75, 3.05) is 0 Å². The molecule has 0 spiro atoms. The van der Waals surface area contributed by atoms with Crippen LogP contribution in [0.15, 0.2) is 49.3 Å². The van der Waals surface area contributed by atoms with Crippen LogP contribution in [-0.4, -0.2) is 0 Å². The van der Waals surface area contributed by atoms with Crippen molar-refractivity contribution in [3.8, 4) is 0 Å². The Morgan fingerprint density at radius 2 is 0.568 bits per heavy atom. The molecule has 0 aliphatic rings. The van der Waals surface area contributed by atoms with Crippen LogP contribution >= 0.6 is 35.3 Å². The van der Waals surface area contributed by atoms with Gasteiger partial charge in [-0.1, -0.05) is 65.6 Å². The van der Waals surface area contributed by atoms with Crippen molar-refractivity contribution in [3.63, 3.8) is 0 Å². The summed E-state index contributed by atoms with van der Waals surface area (Å²) in [6.07, 6.45) is 0. The van der Waals surface area contributed by atoms with Gasteiger partial charge in [0.2, 0.25) is 17.5 Å². The third kappa shape index (κ3) is 5.85. The van der Waals surface area contributed by atoms with Gasteiger partial charge in [0.15, 0.2) is 69.8 Å². The van der Waals surface area contributed by atoms with Crippen LogP contribution in [0.1, 0.15) is 5.56 Å². The van der Waals surface area contributed by atoms with Crippen LogP contribution in [0.4, 0.5) is 65.9 Å².